The Morgan fingerprint density at radius 2 is 2.55 bits per heavy atom. The van der Waals surface area contributed by atoms with Gasteiger partial charge < -0.3 is 4.85 Å². The number of aromatic nitrogens is 2. The topological polar surface area (TPSA) is 22.2 Å². The van der Waals surface area contributed by atoms with Crippen molar-refractivity contribution in [2.24, 2.45) is 0 Å². The number of aryl methyl sites for hydroxylation is 1. The fourth-order valence-corrected chi connectivity index (χ4v) is 0.893. The Hall–Kier alpha value is -1.30. The molecule has 0 amide bonds. The molecule has 0 saturated carbocycles. The van der Waals surface area contributed by atoms with Crippen LogP contribution in [0, 0.1) is 6.57 Å². The summed E-state index contributed by atoms with van der Waals surface area (Å²) in [6, 6.07) is 0. The van der Waals surface area contributed by atoms with E-state index in [1.54, 1.807) is 0 Å². The summed E-state index contributed by atoms with van der Waals surface area (Å²) in [5.41, 5.74) is 1.16. The molecule has 0 bridgehead atoms. The highest BCUT2D eigenvalue weighted by atomic mass is 15.3. The Kier molecular flexibility index (Phi) is 2.67. The standard InChI is InChI=1S/C8H11N3/c1-3-11-7-8(6-10-11)4-5-9-2/h6-7H,3-5H2,1H3. The van der Waals surface area contributed by atoms with E-state index in [0.29, 0.717) is 6.54 Å². The second-order valence-corrected chi connectivity index (χ2v) is 2.34. The lowest BCUT2D eigenvalue weighted by molar-refractivity contribution is 0.659. The van der Waals surface area contributed by atoms with Crippen LogP contribution in [0.4, 0.5) is 0 Å². The molecule has 0 fully saturated rings. The summed E-state index contributed by atoms with van der Waals surface area (Å²) in [6.07, 6.45) is 4.64. The zero-order valence-electron chi connectivity index (χ0n) is 6.62. The molecule has 0 aliphatic carbocycles. The van der Waals surface area contributed by atoms with Crippen molar-refractivity contribution >= 4 is 0 Å². The van der Waals surface area contributed by atoms with Crippen molar-refractivity contribution < 1.29 is 0 Å². The van der Waals surface area contributed by atoms with Gasteiger partial charge in [0.1, 0.15) is 0 Å². The van der Waals surface area contributed by atoms with Crippen molar-refractivity contribution in [2.45, 2.75) is 19.9 Å². The van der Waals surface area contributed by atoms with Gasteiger partial charge >= 0.3 is 0 Å². The second-order valence-electron chi connectivity index (χ2n) is 2.34. The summed E-state index contributed by atoms with van der Waals surface area (Å²) < 4.78 is 1.87. The predicted octanol–water partition coefficient (Wildman–Crippen LogP) is 1.36. The fraction of sp³-hybridized carbons (Fsp3) is 0.500. The summed E-state index contributed by atoms with van der Waals surface area (Å²) in [6.45, 7) is 10.1. The van der Waals surface area contributed by atoms with Crippen LogP contribution < -0.4 is 0 Å². The van der Waals surface area contributed by atoms with Crippen molar-refractivity contribution in [1.29, 1.82) is 0 Å². The molecule has 1 rings (SSSR count). The largest absolute Gasteiger partial charge is 0.317 e. The number of nitrogens with zero attached hydrogens (tertiary/aromatic N) is 3. The Morgan fingerprint density at radius 3 is 3.09 bits per heavy atom. The molecule has 3 heteroatoms. The first-order valence-corrected chi connectivity index (χ1v) is 3.71. The smallest absolute Gasteiger partial charge is 0.218 e. The average molecular weight is 149 g/mol. The maximum Gasteiger partial charge on any atom is 0.218 e. The first-order chi connectivity index (χ1) is 5.36. The molecular weight excluding hydrogens is 138 g/mol. The van der Waals surface area contributed by atoms with Crippen LogP contribution in [0.3, 0.4) is 0 Å². The SMILES string of the molecule is [C-]#[N+]CCc1cnn(CC)c1. The molecule has 58 valence electrons. The minimum Gasteiger partial charge on any atom is -0.317 e. The molecule has 0 unspecified atom stereocenters. The van der Waals surface area contributed by atoms with E-state index in [0.717, 1.165) is 18.5 Å². The van der Waals surface area contributed by atoms with Crippen molar-refractivity contribution in [3.63, 3.8) is 0 Å². The van der Waals surface area contributed by atoms with Crippen LogP contribution in [-0.4, -0.2) is 16.3 Å². The van der Waals surface area contributed by atoms with Crippen molar-refractivity contribution in [3.05, 3.63) is 29.4 Å². The third-order valence-corrected chi connectivity index (χ3v) is 1.52. The monoisotopic (exact) mass is 149 g/mol. The van der Waals surface area contributed by atoms with Gasteiger partial charge in [0.2, 0.25) is 6.54 Å². The molecule has 3 nitrogen and oxygen atoms in total. The Morgan fingerprint density at radius 1 is 1.73 bits per heavy atom. The maximum absolute atomic E-state index is 6.60. The van der Waals surface area contributed by atoms with Crippen LogP contribution >= 0.6 is 0 Å². The molecule has 0 aliphatic rings. The molecule has 0 atom stereocenters. The van der Waals surface area contributed by atoms with Gasteiger partial charge in [-0.25, -0.2) is 6.57 Å². The van der Waals surface area contributed by atoms with Gasteiger partial charge in [-0.15, -0.1) is 0 Å². The normalized spacial score (nSPS) is 9.45. The lowest BCUT2D eigenvalue weighted by atomic mass is 10.3. The summed E-state index contributed by atoms with van der Waals surface area (Å²) >= 11 is 0. The van der Waals surface area contributed by atoms with E-state index in [1.165, 1.54) is 0 Å². The van der Waals surface area contributed by atoms with Crippen molar-refractivity contribution in [3.8, 4) is 0 Å². The maximum atomic E-state index is 6.60. The van der Waals surface area contributed by atoms with Crippen LogP contribution in [0.15, 0.2) is 12.4 Å². The van der Waals surface area contributed by atoms with E-state index >= 15 is 0 Å². The summed E-state index contributed by atoms with van der Waals surface area (Å²) in [5, 5.41) is 4.10. The second kappa shape index (κ2) is 3.77. The minimum atomic E-state index is 0.565. The lowest BCUT2D eigenvalue weighted by Crippen LogP contribution is -1.92. The van der Waals surface area contributed by atoms with Crippen molar-refractivity contribution in [2.75, 3.05) is 6.54 Å². The molecule has 0 spiro atoms. The summed E-state index contributed by atoms with van der Waals surface area (Å²) in [7, 11) is 0. The average Bonchev–Trinajstić information content (AvgIpc) is 2.48. The quantitative estimate of drug-likeness (QED) is 0.595. The van der Waals surface area contributed by atoms with E-state index in [-0.39, 0.29) is 0 Å². The molecule has 0 aromatic carbocycles. The van der Waals surface area contributed by atoms with Gasteiger partial charge in [0.25, 0.3) is 0 Å². The van der Waals surface area contributed by atoms with Crippen LogP contribution in [0.25, 0.3) is 4.85 Å². The predicted molar refractivity (Wildman–Crippen MR) is 43.1 cm³/mol. The Labute approximate surface area is 66.5 Å². The first-order valence-electron chi connectivity index (χ1n) is 3.71. The first kappa shape index (κ1) is 7.80. The molecular formula is C8H11N3. The molecule has 0 radical (unpaired) electrons. The van der Waals surface area contributed by atoms with Crippen LogP contribution in [0.1, 0.15) is 12.5 Å². The van der Waals surface area contributed by atoms with E-state index in [2.05, 4.69) is 9.94 Å². The van der Waals surface area contributed by atoms with Gasteiger partial charge in [-0.05, 0) is 12.5 Å². The van der Waals surface area contributed by atoms with E-state index in [4.69, 9.17) is 6.57 Å². The van der Waals surface area contributed by atoms with E-state index in [1.807, 2.05) is 24.0 Å². The molecule has 1 aromatic heterocycles. The number of rotatable bonds is 3. The van der Waals surface area contributed by atoms with Crippen LogP contribution in [0.5, 0.6) is 0 Å². The highest BCUT2D eigenvalue weighted by Crippen LogP contribution is 1.98. The minimum absolute atomic E-state index is 0.565. The van der Waals surface area contributed by atoms with E-state index in [9.17, 15) is 0 Å². The summed E-state index contributed by atoms with van der Waals surface area (Å²) in [4.78, 5) is 3.28. The van der Waals surface area contributed by atoms with E-state index < -0.39 is 0 Å². The fourth-order valence-electron chi connectivity index (χ4n) is 0.893. The Balaban J connectivity index is 2.53. The molecule has 1 aromatic rings. The lowest BCUT2D eigenvalue weighted by Gasteiger charge is -1.89. The van der Waals surface area contributed by atoms with Gasteiger partial charge in [0.05, 0.1) is 6.20 Å². The molecule has 0 N–H and O–H groups in total. The third kappa shape index (κ3) is 2.08. The van der Waals surface area contributed by atoms with Gasteiger partial charge in [0, 0.05) is 19.2 Å². The van der Waals surface area contributed by atoms with Gasteiger partial charge in [0.15, 0.2) is 0 Å². The highest BCUT2D eigenvalue weighted by Gasteiger charge is 1.97. The number of hydrogen-bond acceptors (Lipinski definition) is 1. The summed E-state index contributed by atoms with van der Waals surface area (Å²) in [5.74, 6) is 0. The molecule has 1 heterocycles. The zero-order valence-corrected chi connectivity index (χ0v) is 6.62. The van der Waals surface area contributed by atoms with Gasteiger partial charge in [-0.2, -0.15) is 5.10 Å². The number of hydrogen-bond donors (Lipinski definition) is 0. The highest BCUT2D eigenvalue weighted by molar-refractivity contribution is 5.04. The third-order valence-electron chi connectivity index (χ3n) is 1.52. The van der Waals surface area contributed by atoms with Gasteiger partial charge in [-0.3, -0.25) is 4.68 Å². The van der Waals surface area contributed by atoms with Crippen LogP contribution in [-0.2, 0) is 13.0 Å². The molecule has 0 saturated heterocycles. The Bertz CT molecular complexity index is 257. The zero-order chi connectivity index (χ0) is 8.10. The van der Waals surface area contributed by atoms with Gasteiger partial charge in [-0.1, -0.05) is 0 Å². The van der Waals surface area contributed by atoms with Crippen molar-refractivity contribution in [1.82, 2.24) is 9.78 Å². The molecule has 0 aliphatic heterocycles. The molecule has 11 heavy (non-hydrogen) atoms. The van der Waals surface area contributed by atoms with Crippen LogP contribution in [0.2, 0.25) is 0 Å².